The first-order chi connectivity index (χ1) is 8.96. The molecule has 0 aromatic heterocycles. The molecular weight excluding hydrogens is 282 g/mol. The van der Waals surface area contributed by atoms with Crippen molar-refractivity contribution in [2.75, 3.05) is 23.0 Å². The Morgan fingerprint density at radius 2 is 2.00 bits per heavy atom. The van der Waals surface area contributed by atoms with Gasteiger partial charge >= 0.3 is 5.97 Å². The summed E-state index contributed by atoms with van der Waals surface area (Å²) >= 11 is 3.33. The number of hydrogen-bond acceptors (Lipinski definition) is 4. The van der Waals surface area contributed by atoms with E-state index in [0.29, 0.717) is 24.5 Å². The molecule has 1 amide bonds. The summed E-state index contributed by atoms with van der Waals surface area (Å²) in [6.45, 7) is 4.31. The number of carboxylic acids is 1. The zero-order valence-electron chi connectivity index (χ0n) is 11.6. The highest BCUT2D eigenvalue weighted by atomic mass is 32.2. The fraction of sp³-hybridized carbons (Fsp3) is 0.846. The maximum atomic E-state index is 11.9. The van der Waals surface area contributed by atoms with E-state index < -0.39 is 11.5 Å². The van der Waals surface area contributed by atoms with Gasteiger partial charge in [-0.2, -0.15) is 23.5 Å². The van der Waals surface area contributed by atoms with Crippen LogP contribution in [-0.2, 0) is 9.59 Å². The maximum absolute atomic E-state index is 11.9. The molecule has 110 valence electrons. The number of rotatable bonds is 7. The molecule has 0 aromatic carbocycles. The molecule has 0 saturated carbocycles. The summed E-state index contributed by atoms with van der Waals surface area (Å²) in [6.07, 6.45) is 2.13. The predicted octanol–water partition coefficient (Wildman–Crippen LogP) is 2.23. The Morgan fingerprint density at radius 3 is 2.53 bits per heavy atom. The first-order valence-electron chi connectivity index (χ1n) is 6.66. The van der Waals surface area contributed by atoms with Crippen molar-refractivity contribution in [3.05, 3.63) is 0 Å². The lowest BCUT2D eigenvalue weighted by atomic mass is 9.92. The highest BCUT2D eigenvalue weighted by Gasteiger charge is 2.41. The molecule has 0 unspecified atom stereocenters. The quantitative estimate of drug-likeness (QED) is 0.706. The van der Waals surface area contributed by atoms with E-state index in [4.69, 9.17) is 0 Å². The monoisotopic (exact) mass is 305 g/mol. The zero-order valence-corrected chi connectivity index (χ0v) is 13.2. The first-order valence-corrected chi connectivity index (χ1v) is 8.97. The largest absolute Gasteiger partial charge is 0.480 e. The van der Waals surface area contributed by atoms with Crippen molar-refractivity contribution in [1.82, 2.24) is 5.32 Å². The summed E-state index contributed by atoms with van der Waals surface area (Å²) in [7, 11) is 0. The van der Waals surface area contributed by atoms with Crippen LogP contribution in [0.4, 0.5) is 0 Å². The van der Waals surface area contributed by atoms with Crippen LogP contribution in [0.15, 0.2) is 0 Å². The third kappa shape index (κ3) is 5.65. The molecular formula is C13H23NO3S2. The van der Waals surface area contributed by atoms with Gasteiger partial charge in [0.1, 0.15) is 5.54 Å². The normalized spacial score (nSPS) is 18.3. The third-order valence-electron chi connectivity index (χ3n) is 3.21. The van der Waals surface area contributed by atoms with E-state index in [1.54, 1.807) is 23.5 Å². The van der Waals surface area contributed by atoms with Crippen molar-refractivity contribution < 1.29 is 14.7 Å². The molecule has 1 fully saturated rings. The summed E-state index contributed by atoms with van der Waals surface area (Å²) in [5, 5.41) is 12.1. The van der Waals surface area contributed by atoms with Crippen LogP contribution in [0.5, 0.6) is 0 Å². The predicted molar refractivity (Wildman–Crippen MR) is 81.8 cm³/mol. The van der Waals surface area contributed by atoms with Gasteiger partial charge in [0.15, 0.2) is 0 Å². The molecule has 1 heterocycles. The van der Waals surface area contributed by atoms with Crippen molar-refractivity contribution in [2.24, 2.45) is 5.92 Å². The molecule has 0 atom stereocenters. The molecule has 1 rings (SSSR count). The molecule has 0 spiro atoms. The molecule has 4 nitrogen and oxygen atoms in total. The van der Waals surface area contributed by atoms with Gasteiger partial charge in [0, 0.05) is 0 Å². The Bertz CT molecular complexity index is 315. The van der Waals surface area contributed by atoms with Crippen LogP contribution in [0.1, 0.15) is 33.1 Å². The minimum Gasteiger partial charge on any atom is -0.480 e. The van der Waals surface area contributed by atoms with Crippen LogP contribution in [0.3, 0.4) is 0 Å². The van der Waals surface area contributed by atoms with Crippen molar-refractivity contribution in [3.8, 4) is 0 Å². The molecule has 6 heteroatoms. The molecule has 0 aliphatic carbocycles. The number of hydrogen-bond donors (Lipinski definition) is 2. The average Bonchev–Trinajstić information content (AvgIpc) is 2.35. The Balaban J connectivity index is 2.37. The van der Waals surface area contributed by atoms with Crippen LogP contribution in [-0.4, -0.2) is 45.5 Å². The van der Waals surface area contributed by atoms with Crippen molar-refractivity contribution in [3.63, 3.8) is 0 Å². The Kier molecular flexibility index (Phi) is 7.07. The number of carbonyl (C=O) groups excluding carboxylic acids is 1. The van der Waals surface area contributed by atoms with Gasteiger partial charge in [-0.25, -0.2) is 4.79 Å². The van der Waals surface area contributed by atoms with Gasteiger partial charge < -0.3 is 10.4 Å². The Hall–Kier alpha value is -0.360. The van der Waals surface area contributed by atoms with E-state index in [-0.39, 0.29) is 5.91 Å². The van der Waals surface area contributed by atoms with E-state index in [9.17, 15) is 14.7 Å². The highest BCUT2D eigenvalue weighted by molar-refractivity contribution is 8.00. The van der Waals surface area contributed by atoms with Gasteiger partial charge in [0.25, 0.3) is 0 Å². The summed E-state index contributed by atoms with van der Waals surface area (Å²) in [4.78, 5) is 23.3. The standard InChI is InChI=1S/C13H23NO3S2/c1-10(2)3-6-19-9-11(15)14-13(12(16)17)4-7-18-8-5-13/h10H,3-9H2,1-2H3,(H,14,15)(H,16,17). The topological polar surface area (TPSA) is 66.4 Å². The van der Waals surface area contributed by atoms with Gasteiger partial charge in [-0.3, -0.25) is 4.79 Å². The SMILES string of the molecule is CC(C)CCSCC(=O)NC1(C(=O)O)CCSCC1. The number of thioether (sulfide) groups is 2. The highest BCUT2D eigenvalue weighted by Crippen LogP contribution is 2.27. The lowest BCUT2D eigenvalue weighted by Crippen LogP contribution is -2.57. The number of amides is 1. The van der Waals surface area contributed by atoms with Gasteiger partial charge in [0.2, 0.25) is 5.91 Å². The Labute approximate surface area is 123 Å². The van der Waals surface area contributed by atoms with Gasteiger partial charge in [-0.05, 0) is 42.4 Å². The zero-order chi connectivity index (χ0) is 14.3. The van der Waals surface area contributed by atoms with Crippen LogP contribution < -0.4 is 5.32 Å². The number of carbonyl (C=O) groups is 2. The van der Waals surface area contributed by atoms with Gasteiger partial charge in [-0.1, -0.05) is 13.8 Å². The Morgan fingerprint density at radius 1 is 1.37 bits per heavy atom. The van der Waals surface area contributed by atoms with Gasteiger partial charge in [0.05, 0.1) is 5.75 Å². The lowest BCUT2D eigenvalue weighted by Gasteiger charge is -2.33. The maximum Gasteiger partial charge on any atom is 0.329 e. The summed E-state index contributed by atoms with van der Waals surface area (Å²) in [6, 6.07) is 0. The minimum atomic E-state index is -1.03. The lowest BCUT2D eigenvalue weighted by molar-refractivity contribution is -0.147. The first kappa shape index (κ1) is 16.7. The van der Waals surface area contributed by atoms with Crippen LogP contribution in [0, 0.1) is 5.92 Å². The van der Waals surface area contributed by atoms with Gasteiger partial charge in [-0.15, -0.1) is 0 Å². The number of nitrogens with one attached hydrogen (secondary N) is 1. The molecule has 19 heavy (non-hydrogen) atoms. The smallest absolute Gasteiger partial charge is 0.329 e. The van der Waals surface area contributed by atoms with Crippen molar-refractivity contribution >= 4 is 35.4 Å². The fourth-order valence-electron chi connectivity index (χ4n) is 1.90. The van der Waals surface area contributed by atoms with Crippen molar-refractivity contribution in [2.45, 2.75) is 38.6 Å². The molecule has 0 bridgehead atoms. The van der Waals surface area contributed by atoms with E-state index in [2.05, 4.69) is 19.2 Å². The van der Waals surface area contributed by atoms with E-state index >= 15 is 0 Å². The molecule has 0 aromatic rings. The fourth-order valence-corrected chi connectivity index (χ4v) is 4.13. The average molecular weight is 305 g/mol. The third-order valence-corrected chi connectivity index (χ3v) is 5.18. The molecule has 1 aliphatic rings. The van der Waals surface area contributed by atoms with Crippen LogP contribution in [0.25, 0.3) is 0 Å². The number of carboxylic acid groups (broad SMARTS) is 1. The molecule has 1 saturated heterocycles. The molecule has 0 radical (unpaired) electrons. The second-order valence-electron chi connectivity index (χ2n) is 5.28. The van der Waals surface area contributed by atoms with E-state index in [1.165, 1.54) is 0 Å². The summed E-state index contributed by atoms with van der Waals surface area (Å²) in [5.41, 5.74) is -1.03. The summed E-state index contributed by atoms with van der Waals surface area (Å²) < 4.78 is 0. The minimum absolute atomic E-state index is 0.150. The van der Waals surface area contributed by atoms with E-state index in [0.717, 1.165) is 23.7 Å². The second kappa shape index (κ2) is 8.04. The summed E-state index contributed by atoms with van der Waals surface area (Å²) in [5.74, 6) is 2.49. The molecule has 2 N–H and O–H groups in total. The number of aliphatic carboxylic acids is 1. The second-order valence-corrected chi connectivity index (χ2v) is 7.61. The van der Waals surface area contributed by atoms with E-state index in [1.807, 2.05) is 0 Å². The van der Waals surface area contributed by atoms with Crippen molar-refractivity contribution in [1.29, 1.82) is 0 Å². The molecule has 1 aliphatic heterocycles. The van der Waals surface area contributed by atoms with Crippen LogP contribution >= 0.6 is 23.5 Å². The van der Waals surface area contributed by atoms with Crippen LogP contribution in [0.2, 0.25) is 0 Å².